The molecule has 0 bridgehead atoms. The van der Waals surface area contributed by atoms with Crippen molar-refractivity contribution in [3.63, 3.8) is 0 Å². The van der Waals surface area contributed by atoms with Gasteiger partial charge in [-0.1, -0.05) is 18.9 Å². The Labute approximate surface area is 162 Å². The van der Waals surface area contributed by atoms with Crippen LogP contribution in [0.4, 0.5) is 0 Å². The highest BCUT2D eigenvalue weighted by Crippen LogP contribution is 2.49. The van der Waals surface area contributed by atoms with Crippen molar-refractivity contribution >= 4 is 0 Å². The Morgan fingerprint density at radius 2 is 2.07 bits per heavy atom. The summed E-state index contributed by atoms with van der Waals surface area (Å²) in [5.41, 5.74) is 3.98. The molecule has 1 atom stereocenters. The maximum Gasteiger partial charge on any atom is 0.0691 e. The number of aromatic nitrogens is 3. The van der Waals surface area contributed by atoms with Gasteiger partial charge in [-0.2, -0.15) is 5.10 Å². The van der Waals surface area contributed by atoms with Crippen molar-refractivity contribution in [2.24, 2.45) is 7.05 Å². The van der Waals surface area contributed by atoms with Gasteiger partial charge < -0.3 is 10.1 Å². The van der Waals surface area contributed by atoms with Crippen molar-refractivity contribution in [3.8, 4) is 0 Å². The lowest BCUT2D eigenvalue weighted by molar-refractivity contribution is -0.104. The maximum atomic E-state index is 6.34. The summed E-state index contributed by atoms with van der Waals surface area (Å²) in [5.74, 6) is 0. The van der Waals surface area contributed by atoms with Crippen molar-refractivity contribution in [1.82, 2.24) is 20.1 Å². The van der Waals surface area contributed by atoms with Gasteiger partial charge in [0, 0.05) is 48.8 Å². The molecule has 5 nitrogen and oxygen atoms in total. The van der Waals surface area contributed by atoms with E-state index in [4.69, 9.17) is 9.72 Å². The van der Waals surface area contributed by atoms with Crippen LogP contribution in [0.2, 0.25) is 0 Å². The quantitative estimate of drug-likeness (QED) is 0.791. The summed E-state index contributed by atoms with van der Waals surface area (Å²) in [6.07, 6.45) is 12.2. The molecule has 2 fully saturated rings. The number of hydrogen-bond acceptors (Lipinski definition) is 4. The highest BCUT2D eigenvalue weighted by molar-refractivity contribution is 5.21. The number of rotatable bonds is 6. The molecule has 27 heavy (non-hydrogen) atoms. The van der Waals surface area contributed by atoms with Crippen LogP contribution in [-0.4, -0.2) is 33.5 Å². The van der Waals surface area contributed by atoms with E-state index in [0.29, 0.717) is 0 Å². The molecule has 1 saturated carbocycles. The highest BCUT2D eigenvalue weighted by atomic mass is 16.5. The van der Waals surface area contributed by atoms with E-state index < -0.39 is 0 Å². The van der Waals surface area contributed by atoms with Crippen molar-refractivity contribution in [3.05, 3.63) is 47.5 Å². The smallest absolute Gasteiger partial charge is 0.0691 e. The van der Waals surface area contributed by atoms with Crippen LogP contribution in [0, 0.1) is 6.92 Å². The summed E-state index contributed by atoms with van der Waals surface area (Å²) in [4.78, 5) is 4.79. The van der Waals surface area contributed by atoms with Crippen molar-refractivity contribution in [1.29, 1.82) is 0 Å². The molecular formula is C22H32N4O. The van der Waals surface area contributed by atoms with E-state index in [1.807, 2.05) is 30.2 Å². The molecule has 4 rings (SSSR count). The third kappa shape index (κ3) is 3.81. The molecule has 0 unspecified atom stereocenters. The zero-order chi connectivity index (χ0) is 18.7. The summed E-state index contributed by atoms with van der Waals surface area (Å²) < 4.78 is 8.28. The van der Waals surface area contributed by atoms with E-state index in [2.05, 4.69) is 29.5 Å². The third-order valence-electron chi connectivity index (χ3n) is 6.81. The van der Waals surface area contributed by atoms with E-state index in [0.717, 1.165) is 39.0 Å². The fraction of sp³-hybridized carbons (Fsp3) is 0.636. The van der Waals surface area contributed by atoms with Gasteiger partial charge in [0.2, 0.25) is 0 Å². The van der Waals surface area contributed by atoms with Crippen LogP contribution in [0.3, 0.4) is 0 Å². The van der Waals surface area contributed by atoms with Crippen LogP contribution in [0.25, 0.3) is 0 Å². The van der Waals surface area contributed by atoms with Gasteiger partial charge in [-0.25, -0.2) is 0 Å². The second kappa shape index (κ2) is 7.72. The fourth-order valence-corrected chi connectivity index (χ4v) is 5.06. The molecule has 2 aromatic rings. The minimum atomic E-state index is 0.0930. The molecule has 3 heterocycles. The molecule has 0 aromatic carbocycles. The zero-order valence-corrected chi connectivity index (χ0v) is 16.7. The highest BCUT2D eigenvalue weighted by Gasteiger charge is 2.48. The molecule has 1 aliphatic heterocycles. The number of nitrogens with one attached hydrogen (secondary N) is 1. The molecule has 146 valence electrons. The third-order valence-corrected chi connectivity index (χ3v) is 6.81. The normalized spacial score (nSPS) is 24.5. The maximum absolute atomic E-state index is 6.34. The summed E-state index contributed by atoms with van der Waals surface area (Å²) >= 11 is 0. The van der Waals surface area contributed by atoms with Crippen molar-refractivity contribution in [2.75, 3.05) is 13.2 Å². The van der Waals surface area contributed by atoms with Gasteiger partial charge in [0.15, 0.2) is 0 Å². The standard InChI is InChI=1S/C22H32N4O/c1-18-19(16-25-26(18)2)15-23-13-10-21(20-7-3-6-12-24-20)11-14-27-22(17-21)8-4-5-9-22/h3,6-7,12,16,23H,4-5,8-11,13-15,17H2,1-2H3/t21-/m0/s1. The first kappa shape index (κ1) is 18.6. The van der Waals surface area contributed by atoms with Crippen molar-refractivity contribution < 1.29 is 4.74 Å². The molecule has 5 heteroatoms. The van der Waals surface area contributed by atoms with E-state index in [9.17, 15) is 0 Å². The second-order valence-electron chi connectivity index (χ2n) is 8.47. The van der Waals surface area contributed by atoms with Crippen LogP contribution in [0.1, 0.15) is 61.9 Å². The number of ether oxygens (including phenoxy) is 1. The molecule has 1 saturated heterocycles. The summed E-state index contributed by atoms with van der Waals surface area (Å²) in [6, 6.07) is 6.37. The van der Waals surface area contributed by atoms with E-state index in [1.54, 1.807) is 0 Å². The Bertz CT molecular complexity index is 751. The first-order chi connectivity index (χ1) is 13.1. The van der Waals surface area contributed by atoms with E-state index >= 15 is 0 Å². The summed E-state index contributed by atoms with van der Waals surface area (Å²) in [5, 5.41) is 8.00. The second-order valence-corrected chi connectivity index (χ2v) is 8.47. The first-order valence-electron chi connectivity index (χ1n) is 10.4. The minimum Gasteiger partial charge on any atom is -0.375 e. The van der Waals surface area contributed by atoms with Gasteiger partial charge in [0.1, 0.15) is 0 Å². The molecule has 1 spiro atoms. The summed E-state index contributed by atoms with van der Waals surface area (Å²) in [6.45, 7) is 4.85. The predicted octanol–water partition coefficient (Wildman–Crippen LogP) is 3.66. The van der Waals surface area contributed by atoms with Gasteiger partial charge in [-0.3, -0.25) is 9.67 Å². The van der Waals surface area contributed by atoms with Crippen LogP contribution in [0.5, 0.6) is 0 Å². The molecule has 0 amide bonds. The van der Waals surface area contributed by atoms with E-state index in [-0.39, 0.29) is 11.0 Å². The Kier molecular flexibility index (Phi) is 5.33. The fourth-order valence-electron chi connectivity index (χ4n) is 5.06. The van der Waals surface area contributed by atoms with Gasteiger partial charge in [0.25, 0.3) is 0 Å². The lowest BCUT2D eigenvalue weighted by Crippen LogP contribution is -2.47. The minimum absolute atomic E-state index is 0.0930. The first-order valence-corrected chi connectivity index (χ1v) is 10.4. The van der Waals surface area contributed by atoms with Gasteiger partial charge in [-0.05, 0) is 57.7 Å². The Hall–Kier alpha value is -1.72. The number of nitrogens with zero attached hydrogens (tertiary/aromatic N) is 3. The zero-order valence-electron chi connectivity index (χ0n) is 16.7. The van der Waals surface area contributed by atoms with Gasteiger partial charge in [0.05, 0.1) is 11.8 Å². The van der Waals surface area contributed by atoms with Crippen LogP contribution >= 0.6 is 0 Å². The van der Waals surface area contributed by atoms with Crippen LogP contribution in [0.15, 0.2) is 30.6 Å². The lowest BCUT2D eigenvalue weighted by Gasteiger charge is -2.46. The predicted molar refractivity (Wildman–Crippen MR) is 107 cm³/mol. The van der Waals surface area contributed by atoms with E-state index in [1.165, 1.54) is 42.6 Å². The monoisotopic (exact) mass is 368 g/mol. The Balaban J connectivity index is 1.46. The molecule has 1 aliphatic carbocycles. The molecule has 1 N–H and O–H groups in total. The van der Waals surface area contributed by atoms with Crippen LogP contribution in [-0.2, 0) is 23.7 Å². The molecule has 0 radical (unpaired) electrons. The summed E-state index contributed by atoms with van der Waals surface area (Å²) in [7, 11) is 2.00. The lowest BCUT2D eigenvalue weighted by atomic mass is 9.68. The topological polar surface area (TPSA) is 52.0 Å². The average Bonchev–Trinajstić information content (AvgIpc) is 3.27. The van der Waals surface area contributed by atoms with Crippen LogP contribution < -0.4 is 5.32 Å². The number of aryl methyl sites for hydroxylation is 1. The van der Waals surface area contributed by atoms with Crippen molar-refractivity contribution in [2.45, 2.75) is 69.4 Å². The Morgan fingerprint density at radius 3 is 2.78 bits per heavy atom. The van der Waals surface area contributed by atoms with Gasteiger partial charge >= 0.3 is 0 Å². The Morgan fingerprint density at radius 1 is 1.22 bits per heavy atom. The SMILES string of the molecule is Cc1c(CNCC[C@]2(c3ccccn3)CCOC3(CCCC3)C2)cnn1C. The molecular weight excluding hydrogens is 336 g/mol. The molecule has 2 aromatic heterocycles. The van der Waals surface area contributed by atoms with Gasteiger partial charge in [-0.15, -0.1) is 0 Å². The molecule has 2 aliphatic rings. The largest absolute Gasteiger partial charge is 0.375 e. The number of pyridine rings is 1. The number of hydrogen-bond donors (Lipinski definition) is 1. The average molecular weight is 369 g/mol.